The quantitative estimate of drug-likeness (QED) is 0.447. The normalized spacial score (nSPS) is 12.0. The molecule has 3 aromatic heterocycles. The molecule has 3 heterocycles. The molecule has 0 radical (unpaired) electrons. The summed E-state index contributed by atoms with van der Waals surface area (Å²) in [7, 11) is 0. The molecule has 0 aliphatic rings. The average Bonchev–Trinajstić information content (AvgIpc) is 3.45. The van der Waals surface area contributed by atoms with Gasteiger partial charge in [0, 0.05) is 22.7 Å². The van der Waals surface area contributed by atoms with E-state index < -0.39 is 11.6 Å². The number of aromatic nitrogens is 3. The van der Waals surface area contributed by atoms with Gasteiger partial charge in [-0.2, -0.15) is 5.10 Å². The minimum absolute atomic E-state index is 0.361. The van der Waals surface area contributed by atoms with E-state index in [1.807, 2.05) is 30.5 Å². The maximum atomic E-state index is 12.8. The summed E-state index contributed by atoms with van der Waals surface area (Å²) in [6.45, 7) is 3.40. The van der Waals surface area contributed by atoms with E-state index in [9.17, 15) is 9.59 Å². The Morgan fingerprint density at radius 2 is 1.94 bits per heavy atom. The SMILES string of the molecule is CSc1ccc(NC(=O)[C@@H](C)n2nc(-c3ccco3)c(-c3cc(C)no3)cc2=O)cc1. The van der Waals surface area contributed by atoms with Gasteiger partial charge in [-0.15, -0.1) is 11.8 Å². The van der Waals surface area contributed by atoms with Crippen LogP contribution < -0.4 is 10.9 Å². The number of anilines is 1. The zero-order chi connectivity index (χ0) is 22.0. The van der Waals surface area contributed by atoms with Crippen LogP contribution in [0.3, 0.4) is 0 Å². The molecule has 4 rings (SSSR count). The van der Waals surface area contributed by atoms with E-state index in [0.29, 0.717) is 34.2 Å². The van der Waals surface area contributed by atoms with Crippen LogP contribution in [0.2, 0.25) is 0 Å². The highest BCUT2D eigenvalue weighted by Gasteiger charge is 2.23. The molecule has 31 heavy (non-hydrogen) atoms. The van der Waals surface area contributed by atoms with E-state index in [2.05, 4.69) is 15.6 Å². The Balaban J connectivity index is 1.69. The number of rotatable bonds is 6. The molecule has 158 valence electrons. The highest BCUT2D eigenvalue weighted by atomic mass is 32.2. The van der Waals surface area contributed by atoms with Crippen molar-refractivity contribution in [2.45, 2.75) is 24.8 Å². The molecule has 0 aliphatic carbocycles. The van der Waals surface area contributed by atoms with Crippen molar-refractivity contribution in [1.82, 2.24) is 14.9 Å². The van der Waals surface area contributed by atoms with Gasteiger partial charge >= 0.3 is 0 Å². The molecule has 1 amide bonds. The molecule has 1 N–H and O–H groups in total. The van der Waals surface area contributed by atoms with Crippen LogP contribution in [0.4, 0.5) is 5.69 Å². The molecule has 1 atom stereocenters. The van der Waals surface area contributed by atoms with Gasteiger partial charge in [0.2, 0.25) is 5.91 Å². The fraction of sp³-hybridized carbons (Fsp3) is 0.182. The van der Waals surface area contributed by atoms with Crippen LogP contribution in [0.5, 0.6) is 0 Å². The third-order valence-corrected chi connectivity index (χ3v) is 5.45. The predicted molar refractivity (Wildman–Crippen MR) is 118 cm³/mol. The van der Waals surface area contributed by atoms with Crippen LogP contribution in [0, 0.1) is 6.92 Å². The number of nitrogens with zero attached hydrogens (tertiary/aromatic N) is 3. The van der Waals surface area contributed by atoms with E-state index in [-0.39, 0.29) is 5.91 Å². The van der Waals surface area contributed by atoms with Crippen molar-refractivity contribution in [3.8, 4) is 22.8 Å². The van der Waals surface area contributed by atoms with E-state index in [4.69, 9.17) is 8.94 Å². The minimum atomic E-state index is -0.855. The predicted octanol–water partition coefficient (Wildman–Crippen LogP) is 4.39. The van der Waals surface area contributed by atoms with Crippen molar-refractivity contribution >= 4 is 23.4 Å². The summed E-state index contributed by atoms with van der Waals surface area (Å²) in [5, 5.41) is 11.2. The molecule has 0 fully saturated rings. The zero-order valence-electron chi connectivity index (χ0n) is 17.2. The molecule has 0 saturated carbocycles. The maximum absolute atomic E-state index is 12.8. The Labute approximate surface area is 182 Å². The molecule has 0 saturated heterocycles. The van der Waals surface area contributed by atoms with Crippen LogP contribution in [0.1, 0.15) is 18.7 Å². The van der Waals surface area contributed by atoms with Crippen LogP contribution in [-0.4, -0.2) is 27.1 Å². The third-order valence-electron chi connectivity index (χ3n) is 4.71. The first-order valence-corrected chi connectivity index (χ1v) is 10.7. The van der Waals surface area contributed by atoms with Gasteiger partial charge in [0.25, 0.3) is 5.56 Å². The standard InChI is InChI=1S/C22H20N4O4S/c1-13-11-19(30-25-13)17-12-20(27)26(24-21(17)18-5-4-10-29-18)14(2)22(28)23-15-6-8-16(31-3)9-7-15/h4-12,14H,1-3H3,(H,23,28)/t14-/m1/s1. The third kappa shape index (κ3) is 4.31. The lowest BCUT2D eigenvalue weighted by atomic mass is 10.1. The highest BCUT2D eigenvalue weighted by molar-refractivity contribution is 7.98. The molecule has 9 heteroatoms. The first kappa shape index (κ1) is 20.7. The van der Waals surface area contributed by atoms with Crippen LogP contribution in [0.25, 0.3) is 22.8 Å². The number of thioether (sulfide) groups is 1. The van der Waals surface area contributed by atoms with E-state index in [0.717, 1.165) is 9.58 Å². The van der Waals surface area contributed by atoms with Crippen molar-refractivity contribution in [3.63, 3.8) is 0 Å². The lowest BCUT2D eigenvalue weighted by molar-refractivity contribution is -0.119. The molecule has 8 nitrogen and oxygen atoms in total. The Bertz CT molecular complexity index is 1260. The summed E-state index contributed by atoms with van der Waals surface area (Å²) in [4.78, 5) is 26.7. The second kappa shape index (κ2) is 8.65. The smallest absolute Gasteiger partial charge is 0.268 e. The van der Waals surface area contributed by atoms with Crippen molar-refractivity contribution in [1.29, 1.82) is 0 Å². The molecule has 0 spiro atoms. The van der Waals surface area contributed by atoms with E-state index >= 15 is 0 Å². The fourth-order valence-electron chi connectivity index (χ4n) is 3.05. The van der Waals surface area contributed by atoms with Crippen molar-refractivity contribution < 1.29 is 13.7 Å². The van der Waals surface area contributed by atoms with E-state index in [1.165, 1.54) is 12.3 Å². The summed E-state index contributed by atoms with van der Waals surface area (Å²) in [6.07, 6.45) is 3.49. The number of hydrogen-bond acceptors (Lipinski definition) is 7. The van der Waals surface area contributed by atoms with Gasteiger partial charge in [-0.25, -0.2) is 4.68 Å². The van der Waals surface area contributed by atoms with Gasteiger partial charge in [0.1, 0.15) is 11.7 Å². The molecule has 0 bridgehead atoms. The summed E-state index contributed by atoms with van der Waals surface area (Å²) < 4.78 is 12.0. The first-order valence-electron chi connectivity index (χ1n) is 9.52. The number of hydrogen-bond donors (Lipinski definition) is 1. The lowest BCUT2D eigenvalue weighted by Crippen LogP contribution is -2.33. The molecule has 4 aromatic rings. The topological polar surface area (TPSA) is 103 Å². The lowest BCUT2D eigenvalue weighted by Gasteiger charge is -2.16. The number of nitrogens with one attached hydrogen (secondary N) is 1. The summed E-state index contributed by atoms with van der Waals surface area (Å²) >= 11 is 1.61. The summed E-state index contributed by atoms with van der Waals surface area (Å²) in [5.74, 6) is 0.477. The molecular weight excluding hydrogens is 416 g/mol. The van der Waals surface area contributed by atoms with Crippen molar-refractivity contribution in [2.75, 3.05) is 11.6 Å². The number of aryl methyl sites for hydroxylation is 1. The van der Waals surface area contributed by atoms with Crippen molar-refractivity contribution in [2.24, 2.45) is 0 Å². The van der Waals surface area contributed by atoms with Crippen molar-refractivity contribution in [3.05, 3.63) is 70.8 Å². The maximum Gasteiger partial charge on any atom is 0.268 e. The highest BCUT2D eigenvalue weighted by Crippen LogP contribution is 2.30. The van der Waals surface area contributed by atoms with E-state index in [1.54, 1.807) is 43.8 Å². The average molecular weight is 436 g/mol. The molecule has 0 aliphatic heterocycles. The summed E-state index contributed by atoms with van der Waals surface area (Å²) in [5.41, 5.74) is 1.69. The first-order chi connectivity index (χ1) is 15.0. The monoisotopic (exact) mass is 436 g/mol. The Morgan fingerprint density at radius 1 is 1.16 bits per heavy atom. The number of carbonyl (C=O) groups excluding carboxylic acids is 1. The van der Waals surface area contributed by atoms with Crippen LogP contribution in [-0.2, 0) is 4.79 Å². The van der Waals surface area contributed by atoms with Gasteiger partial charge in [-0.05, 0) is 56.5 Å². The zero-order valence-corrected chi connectivity index (χ0v) is 18.0. The molecular formula is C22H20N4O4S. The van der Waals surface area contributed by atoms with Gasteiger partial charge in [0.15, 0.2) is 11.5 Å². The molecule has 1 aromatic carbocycles. The minimum Gasteiger partial charge on any atom is -0.463 e. The van der Waals surface area contributed by atoms with Gasteiger partial charge in [-0.3, -0.25) is 9.59 Å². The van der Waals surface area contributed by atoms with Crippen LogP contribution >= 0.6 is 11.8 Å². The number of amides is 1. The summed E-state index contributed by atoms with van der Waals surface area (Å²) in [6, 6.07) is 13.1. The van der Waals surface area contributed by atoms with Crippen LogP contribution in [0.15, 0.2) is 73.4 Å². The Kier molecular flexibility index (Phi) is 5.77. The largest absolute Gasteiger partial charge is 0.463 e. The fourth-order valence-corrected chi connectivity index (χ4v) is 3.46. The van der Waals surface area contributed by atoms with Gasteiger partial charge < -0.3 is 14.3 Å². The number of furan rings is 1. The number of carbonyl (C=O) groups is 1. The van der Waals surface area contributed by atoms with Gasteiger partial charge in [0.05, 0.1) is 17.5 Å². The Morgan fingerprint density at radius 3 is 2.55 bits per heavy atom. The molecule has 0 unspecified atom stereocenters. The second-order valence-electron chi connectivity index (χ2n) is 6.89. The second-order valence-corrected chi connectivity index (χ2v) is 7.77. The Hall–Kier alpha value is -3.59. The van der Waals surface area contributed by atoms with Gasteiger partial charge in [-0.1, -0.05) is 5.16 Å². The number of benzene rings is 1.